The highest BCUT2D eigenvalue weighted by molar-refractivity contribution is 7.90. The van der Waals surface area contributed by atoms with Crippen molar-refractivity contribution in [3.05, 3.63) is 64.9 Å². The molecule has 0 aliphatic carbocycles. The molecule has 0 amide bonds. The molecule has 0 atom stereocenters. The first kappa shape index (κ1) is 13.7. The predicted octanol–water partition coefficient (Wildman–Crippen LogP) is 3.29. The fraction of sp³-hybridized carbons (Fsp3) is 0. The summed E-state index contributed by atoms with van der Waals surface area (Å²) in [6, 6.07) is 11.3. The van der Waals surface area contributed by atoms with Crippen LogP contribution in [0.15, 0.2) is 57.8 Å². The number of benzene rings is 2. The van der Waals surface area contributed by atoms with Crippen LogP contribution in [0.2, 0.25) is 5.02 Å². The molecule has 6 heteroatoms. The molecular formula is C13H9ClFNO2S. The standard InChI is InChI=1S/C13H9ClFNO2S/c14-11-4-2-6-13(8-11)19(17,18)16-9-10-3-1-5-12(15)7-10/h1-9H/b16-9+. The van der Waals surface area contributed by atoms with Crippen molar-refractivity contribution in [3.8, 4) is 0 Å². The molecule has 0 radical (unpaired) electrons. The first-order chi connectivity index (χ1) is 8.97. The summed E-state index contributed by atoms with van der Waals surface area (Å²) >= 11 is 5.72. The molecule has 2 aromatic rings. The van der Waals surface area contributed by atoms with Crippen LogP contribution >= 0.6 is 11.6 Å². The Balaban J connectivity index is 2.32. The van der Waals surface area contributed by atoms with Gasteiger partial charge in [0.15, 0.2) is 0 Å². The topological polar surface area (TPSA) is 46.5 Å². The molecule has 0 spiro atoms. The van der Waals surface area contributed by atoms with Gasteiger partial charge in [-0.3, -0.25) is 0 Å². The fourth-order valence-electron chi connectivity index (χ4n) is 1.41. The van der Waals surface area contributed by atoms with Gasteiger partial charge in [0.2, 0.25) is 0 Å². The summed E-state index contributed by atoms with van der Waals surface area (Å²) in [6.07, 6.45) is 1.10. The first-order valence-electron chi connectivity index (χ1n) is 5.29. The van der Waals surface area contributed by atoms with Crippen LogP contribution in [0.5, 0.6) is 0 Å². The van der Waals surface area contributed by atoms with Crippen molar-refractivity contribution in [2.45, 2.75) is 4.90 Å². The van der Waals surface area contributed by atoms with Gasteiger partial charge in [0, 0.05) is 11.2 Å². The minimum Gasteiger partial charge on any atom is -0.207 e. The normalized spacial score (nSPS) is 11.9. The minimum absolute atomic E-state index is 0.00680. The molecule has 0 bridgehead atoms. The van der Waals surface area contributed by atoms with E-state index in [1.807, 2.05) is 0 Å². The molecule has 19 heavy (non-hydrogen) atoms. The Bertz CT molecular complexity index is 729. The van der Waals surface area contributed by atoms with Crippen molar-refractivity contribution in [1.29, 1.82) is 0 Å². The molecule has 0 unspecified atom stereocenters. The van der Waals surface area contributed by atoms with Gasteiger partial charge in [-0.25, -0.2) is 4.39 Å². The van der Waals surface area contributed by atoms with Crippen LogP contribution in [-0.2, 0) is 10.0 Å². The van der Waals surface area contributed by atoms with Gasteiger partial charge in [0.1, 0.15) is 5.82 Å². The summed E-state index contributed by atoms with van der Waals surface area (Å²) in [6.45, 7) is 0. The smallest absolute Gasteiger partial charge is 0.207 e. The SMILES string of the molecule is O=S(=O)(/N=C/c1cccc(F)c1)c1cccc(Cl)c1. The lowest BCUT2D eigenvalue weighted by molar-refractivity contribution is 0.598. The average molecular weight is 298 g/mol. The molecule has 0 N–H and O–H groups in total. The third kappa shape index (κ3) is 3.62. The van der Waals surface area contributed by atoms with Crippen molar-refractivity contribution in [1.82, 2.24) is 0 Å². The number of halogens is 2. The van der Waals surface area contributed by atoms with E-state index in [1.165, 1.54) is 36.4 Å². The summed E-state index contributed by atoms with van der Waals surface area (Å²) in [7, 11) is -3.83. The molecule has 2 rings (SSSR count). The quantitative estimate of drug-likeness (QED) is 0.816. The molecule has 0 saturated heterocycles. The second kappa shape index (κ2) is 5.50. The fourth-order valence-corrected chi connectivity index (χ4v) is 2.57. The van der Waals surface area contributed by atoms with Gasteiger partial charge in [-0.1, -0.05) is 29.8 Å². The first-order valence-corrected chi connectivity index (χ1v) is 7.11. The Kier molecular flexibility index (Phi) is 3.97. The molecule has 0 aliphatic rings. The van der Waals surface area contributed by atoms with Gasteiger partial charge in [0.25, 0.3) is 10.0 Å². The van der Waals surface area contributed by atoms with E-state index in [9.17, 15) is 12.8 Å². The Morgan fingerprint density at radius 3 is 2.53 bits per heavy atom. The third-order valence-electron chi connectivity index (χ3n) is 2.28. The minimum atomic E-state index is -3.83. The Morgan fingerprint density at radius 2 is 1.84 bits per heavy atom. The number of hydrogen-bond acceptors (Lipinski definition) is 2. The zero-order chi connectivity index (χ0) is 13.9. The second-order valence-electron chi connectivity index (χ2n) is 3.72. The van der Waals surface area contributed by atoms with E-state index in [-0.39, 0.29) is 4.90 Å². The van der Waals surface area contributed by atoms with E-state index >= 15 is 0 Å². The van der Waals surface area contributed by atoms with Gasteiger partial charge in [-0.15, -0.1) is 0 Å². The van der Waals surface area contributed by atoms with Crippen molar-refractivity contribution < 1.29 is 12.8 Å². The molecule has 0 fully saturated rings. The van der Waals surface area contributed by atoms with Crippen molar-refractivity contribution in [2.75, 3.05) is 0 Å². The van der Waals surface area contributed by atoms with E-state index in [1.54, 1.807) is 12.1 Å². The van der Waals surface area contributed by atoms with Crippen LogP contribution in [0.25, 0.3) is 0 Å². The largest absolute Gasteiger partial charge is 0.282 e. The zero-order valence-corrected chi connectivity index (χ0v) is 11.2. The lowest BCUT2D eigenvalue weighted by atomic mass is 10.2. The molecule has 3 nitrogen and oxygen atoms in total. The maximum absolute atomic E-state index is 12.9. The zero-order valence-electron chi connectivity index (χ0n) is 9.62. The van der Waals surface area contributed by atoms with Crippen molar-refractivity contribution >= 4 is 27.8 Å². The Hall–Kier alpha value is -1.72. The van der Waals surface area contributed by atoms with E-state index in [2.05, 4.69) is 4.40 Å². The number of hydrogen-bond donors (Lipinski definition) is 0. The number of sulfonamides is 1. The lowest BCUT2D eigenvalue weighted by Gasteiger charge is -1.99. The molecule has 98 valence electrons. The highest BCUT2D eigenvalue weighted by Gasteiger charge is 2.11. The van der Waals surface area contributed by atoms with Crippen LogP contribution in [0.3, 0.4) is 0 Å². The van der Waals surface area contributed by atoms with Gasteiger partial charge in [0.05, 0.1) is 4.90 Å². The molecular weight excluding hydrogens is 289 g/mol. The monoisotopic (exact) mass is 297 g/mol. The van der Waals surface area contributed by atoms with Crippen LogP contribution in [-0.4, -0.2) is 14.6 Å². The average Bonchev–Trinajstić information content (AvgIpc) is 2.37. The molecule has 0 saturated carbocycles. The third-order valence-corrected chi connectivity index (χ3v) is 3.75. The van der Waals surface area contributed by atoms with Crippen LogP contribution in [0, 0.1) is 5.82 Å². The summed E-state index contributed by atoms with van der Waals surface area (Å²) in [5.74, 6) is -0.455. The summed E-state index contributed by atoms with van der Waals surface area (Å²) in [5, 5.41) is 0.307. The van der Waals surface area contributed by atoms with Gasteiger partial charge >= 0.3 is 0 Å². The van der Waals surface area contributed by atoms with E-state index < -0.39 is 15.8 Å². The highest BCUT2D eigenvalue weighted by Crippen LogP contribution is 2.17. The summed E-state index contributed by atoms with van der Waals surface area (Å²) in [5.41, 5.74) is 0.366. The Labute approximate surface area is 115 Å². The van der Waals surface area contributed by atoms with E-state index in [4.69, 9.17) is 11.6 Å². The number of nitrogens with zero attached hydrogens (tertiary/aromatic N) is 1. The highest BCUT2D eigenvalue weighted by atomic mass is 35.5. The van der Waals surface area contributed by atoms with Crippen LogP contribution < -0.4 is 0 Å². The van der Waals surface area contributed by atoms with Gasteiger partial charge in [-0.05, 0) is 35.9 Å². The number of rotatable bonds is 3. The molecule has 0 aromatic heterocycles. The van der Waals surface area contributed by atoms with E-state index in [0.717, 1.165) is 6.21 Å². The Morgan fingerprint density at radius 1 is 1.11 bits per heavy atom. The molecule has 0 aliphatic heterocycles. The predicted molar refractivity (Wildman–Crippen MR) is 72.6 cm³/mol. The lowest BCUT2D eigenvalue weighted by Crippen LogP contribution is -1.97. The molecule has 2 aromatic carbocycles. The van der Waals surface area contributed by atoms with E-state index in [0.29, 0.717) is 10.6 Å². The summed E-state index contributed by atoms with van der Waals surface area (Å²) < 4.78 is 40.2. The van der Waals surface area contributed by atoms with Crippen LogP contribution in [0.1, 0.15) is 5.56 Å². The van der Waals surface area contributed by atoms with Crippen molar-refractivity contribution in [3.63, 3.8) is 0 Å². The summed E-state index contributed by atoms with van der Waals surface area (Å²) in [4.78, 5) is -0.00680. The maximum Gasteiger partial charge on any atom is 0.282 e. The van der Waals surface area contributed by atoms with Gasteiger partial charge < -0.3 is 0 Å². The second-order valence-corrected chi connectivity index (χ2v) is 5.79. The maximum atomic E-state index is 12.9. The van der Waals surface area contributed by atoms with Gasteiger partial charge in [-0.2, -0.15) is 12.8 Å². The van der Waals surface area contributed by atoms with Crippen molar-refractivity contribution in [2.24, 2.45) is 4.40 Å². The molecule has 0 heterocycles. The van der Waals surface area contributed by atoms with Crippen LogP contribution in [0.4, 0.5) is 4.39 Å².